The first-order valence-corrected chi connectivity index (χ1v) is 12.2. The van der Waals surface area contributed by atoms with Gasteiger partial charge in [-0.2, -0.15) is 0 Å². The lowest BCUT2D eigenvalue weighted by atomic mass is 9.95. The molecular formula is C24H20BrN3O6S. The smallest absolute Gasteiger partial charge is 0.338 e. The largest absolute Gasteiger partial charge is 0.502 e. The molecule has 1 N–H and O–H groups in total. The monoisotopic (exact) mass is 557 g/mol. The summed E-state index contributed by atoms with van der Waals surface area (Å²) < 4.78 is 7.26. The summed E-state index contributed by atoms with van der Waals surface area (Å²) >= 11 is 4.27. The first-order chi connectivity index (χ1) is 16.6. The van der Waals surface area contributed by atoms with Gasteiger partial charge in [-0.15, -0.1) is 0 Å². The number of phenols is 1. The molecule has 1 aliphatic heterocycles. The molecule has 0 amide bonds. The van der Waals surface area contributed by atoms with E-state index in [1.165, 1.54) is 22.8 Å². The quantitative estimate of drug-likeness (QED) is 0.291. The van der Waals surface area contributed by atoms with Gasteiger partial charge in [0.15, 0.2) is 4.80 Å². The lowest BCUT2D eigenvalue weighted by Crippen LogP contribution is -2.39. The Bertz CT molecular complexity index is 1570. The van der Waals surface area contributed by atoms with Crippen molar-refractivity contribution in [3.05, 3.63) is 98.6 Å². The summed E-state index contributed by atoms with van der Waals surface area (Å²) in [6.07, 6.45) is 1.38. The molecule has 0 fully saturated rings. The van der Waals surface area contributed by atoms with E-state index in [4.69, 9.17) is 4.74 Å². The van der Waals surface area contributed by atoms with Crippen molar-refractivity contribution in [2.45, 2.75) is 26.8 Å². The van der Waals surface area contributed by atoms with E-state index in [1.54, 1.807) is 13.8 Å². The highest BCUT2D eigenvalue weighted by molar-refractivity contribution is 9.10. The maximum absolute atomic E-state index is 13.6. The van der Waals surface area contributed by atoms with Crippen molar-refractivity contribution in [2.24, 2.45) is 4.99 Å². The molecule has 0 spiro atoms. The molecule has 1 aromatic heterocycles. The minimum atomic E-state index is -0.765. The number of carbonyl (C=O) groups excluding carboxylic acids is 1. The summed E-state index contributed by atoms with van der Waals surface area (Å²) in [6.45, 7) is 5.50. The summed E-state index contributed by atoms with van der Waals surface area (Å²) in [6, 6.07) is 9.37. The van der Waals surface area contributed by atoms with Crippen molar-refractivity contribution in [1.29, 1.82) is 0 Å². The minimum absolute atomic E-state index is 0.101. The number of nitro groups is 1. The van der Waals surface area contributed by atoms with Crippen LogP contribution < -0.4 is 14.9 Å². The van der Waals surface area contributed by atoms with Gasteiger partial charge in [0.1, 0.15) is 0 Å². The Morgan fingerprint density at radius 1 is 1.31 bits per heavy atom. The third-order valence-electron chi connectivity index (χ3n) is 5.48. The van der Waals surface area contributed by atoms with E-state index in [0.717, 1.165) is 16.9 Å². The van der Waals surface area contributed by atoms with Gasteiger partial charge < -0.3 is 9.84 Å². The van der Waals surface area contributed by atoms with Crippen molar-refractivity contribution >= 4 is 45.0 Å². The van der Waals surface area contributed by atoms with Gasteiger partial charge in [0.25, 0.3) is 5.56 Å². The van der Waals surface area contributed by atoms with E-state index in [1.807, 2.05) is 31.2 Å². The second-order valence-corrected chi connectivity index (χ2v) is 9.76. The molecule has 2 aromatic carbocycles. The average molecular weight is 558 g/mol. The van der Waals surface area contributed by atoms with Gasteiger partial charge in [-0.1, -0.05) is 57.1 Å². The number of nitro benzene ring substituents is 1. The van der Waals surface area contributed by atoms with Gasteiger partial charge in [0.05, 0.1) is 33.4 Å². The number of esters is 1. The highest BCUT2D eigenvalue weighted by atomic mass is 79.9. The number of fused-ring (bicyclic) bond motifs is 1. The number of phenolic OH excluding ortho intramolecular Hbond substituents is 1. The highest BCUT2D eigenvalue weighted by Crippen LogP contribution is 2.34. The number of carbonyl (C=O) groups is 1. The second kappa shape index (κ2) is 9.59. The molecule has 2 heterocycles. The van der Waals surface area contributed by atoms with Gasteiger partial charge >= 0.3 is 11.7 Å². The van der Waals surface area contributed by atoms with Crippen LogP contribution >= 0.6 is 27.3 Å². The maximum atomic E-state index is 13.6. The van der Waals surface area contributed by atoms with Crippen molar-refractivity contribution in [1.82, 2.24) is 4.57 Å². The molecule has 3 aromatic rings. The van der Waals surface area contributed by atoms with Crippen LogP contribution in [0.5, 0.6) is 5.75 Å². The van der Waals surface area contributed by atoms with E-state index in [9.17, 15) is 24.8 Å². The number of benzene rings is 2. The molecule has 9 nitrogen and oxygen atoms in total. The molecule has 0 radical (unpaired) electrons. The zero-order valence-electron chi connectivity index (χ0n) is 18.9. The third kappa shape index (κ3) is 4.56. The van der Waals surface area contributed by atoms with Crippen LogP contribution in [-0.2, 0) is 9.53 Å². The fourth-order valence-corrected chi connectivity index (χ4v) is 5.35. The molecule has 0 aliphatic carbocycles. The van der Waals surface area contributed by atoms with Crippen LogP contribution in [0.1, 0.15) is 36.6 Å². The standard InChI is InChI=1S/C24H20BrN3O6S/c1-4-34-23(31)19-13(3)26-24-27(20(19)14-7-5-12(2)6-8-14)22(30)18(35-24)10-15-9-16(25)11-17(21(15)29)28(32)33/h5-11,20,29H,4H2,1-3H3/b18-10-/t20-/m0/s1. The molecule has 1 aliphatic rings. The Morgan fingerprint density at radius 2 is 2.00 bits per heavy atom. The third-order valence-corrected chi connectivity index (χ3v) is 6.92. The van der Waals surface area contributed by atoms with Crippen molar-refractivity contribution in [3.63, 3.8) is 0 Å². The summed E-state index contributed by atoms with van der Waals surface area (Å²) in [5.41, 5.74) is 1.59. The first kappa shape index (κ1) is 24.6. The number of rotatable bonds is 5. The minimum Gasteiger partial charge on any atom is -0.502 e. The van der Waals surface area contributed by atoms with Crippen LogP contribution in [0, 0.1) is 17.0 Å². The molecule has 180 valence electrons. The van der Waals surface area contributed by atoms with Crippen LogP contribution in [0.2, 0.25) is 0 Å². The fraction of sp³-hybridized carbons (Fsp3) is 0.208. The molecule has 4 rings (SSSR count). The summed E-state index contributed by atoms with van der Waals surface area (Å²) in [7, 11) is 0. The summed E-state index contributed by atoms with van der Waals surface area (Å²) in [4.78, 5) is 41.9. The maximum Gasteiger partial charge on any atom is 0.338 e. The van der Waals surface area contributed by atoms with E-state index < -0.39 is 33.9 Å². The summed E-state index contributed by atoms with van der Waals surface area (Å²) in [5.74, 6) is -1.11. The lowest BCUT2D eigenvalue weighted by Gasteiger charge is -2.24. The molecule has 1 atom stereocenters. The van der Waals surface area contributed by atoms with E-state index in [-0.39, 0.29) is 22.3 Å². The van der Waals surface area contributed by atoms with Crippen molar-refractivity contribution in [3.8, 4) is 5.75 Å². The van der Waals surface area contributed by atoms with Crippen LogP contribution in [-0.4, -0.2) is 27.2 Å². The van der Waals surface area contributed by atoms with Crippen LogP contribution in [0.25, 0.3) is 6.08 Å². The van der Waals surface area contributed by atoms with Gasteiger partial charge in [0, 0.05) is 16.1 Å². The molecule has 0 unspecified atom stereocenters. The number of allylic oxidation sites excluding steroid dienone is 1. The Kier molecular flexibility index (Phi) is 6.73. The van der Waals surface area contributed by atoms with Crippen LogP contribution in [0.15, 0.2) is 61.9 Å². The predicted octanol–water partition coefficient (Wildman–Crippen LogP) is 3.48. The first-order valence-electron chi connectivity index (χ1n) is 10.6. The van der Waals surface area contributed by atoms with Crippen molar-refractivity contribution < 1.29 is 19.6 Å². The molecule has 35 heavy (non-hydrogen) atoms. The zero-order chi connectivity index (χ0) is 25.4. The number of ether oxygens (including phenoxy) is 1. The van der Waals surface area contributed by atoms with E-state index in [0.29, 0.717) is 20.5 Å². The molecule has 0 saturated heterocycles. The van der Waals surface area contributed by atoms with Gasteiger partial charge in [-0.05, 0) is 38.5 Å². The highest BCUT2D eigenvalue weighted by Gasteiger charge is 2.33. The molecular weight excluding hydrogens is 538 g/mol. The number of nitrogens with zero attached hydrogens (tertiary/aromatic N) is 3. The Morgan fingerprint density at radius 3 is 2.63 bits per heavy atom. The number of aromatic nitrogens is 1. The zero-order valence-corrected chi connectivity index (χ0v) is 21.3. The Hall–Kier alpha value is -3.57. The fourth-order valence-electron chi connectivity index (χ4n) is 3.85. The molecule has 0 saturated carbocycles. The topological polar surface area (TPSA) is 124 Å². The Labute approximate surface area is 211 Å². The Balaban J connectivity index is 1.98. The SMILES string of the molecule is CCOC(=O)C1=C(C)N=c2s/c(=C\c3cc(Br)cc([N+](=O)[O-])c3O)c(=O)n2[C@H]1c1ccc(C)cc1. The van der Waals surface area contributed by atoms with Gasteiger partial charge in [-0.25, -0.2) is 9.79 Å². The second-order valence-electron chi connectivity index (χ2n) is 7.83. The van der Waals surface area contributed by atoms with Crippen molar-refractivity contribution in [2.75, 3.05) is 6.61 Å². The number of halogens is 1. The van der Waals surface area contributed by atoms with Gasteiger partial charge in [0.2, 0.25) is 5.75 Å². The normalized spacial score (nSPS) is 15.5. The lowest BCUT2D eigenvalue weighted by molar-refractivity contribution is -0.385. The number of aryl methyl sites for hydroxylation is 1. The van der Waals surface area contributed by atoms with Gasteiger partial charge in [-0.3, -0.25) is 19.5 Å². The number of hydrogen-bond donors (Lipinski definition) is 1. The van der Waals surface area contributed by atoms with Crippen LogP contribution in [0.4, 0.5) is 5.69 Å². The number of aromatic hydroxyl groups is 1. The predicted molar refractivity (Wildman–Crippen MR) is 134 cm³/mol. The molecule has 11 heteroatoms. The summed E-state index contributed by atoms with van der Waals surface area (Å²) in [5, 5.41) is 21.7. The number of hydrogen-bond acceptors (Lipinski definition) is 8. The van der Waals surface area contributed by atoms with Crippen LogP contribution in [0.3, 0.4) is 0 Å². The average Bonchev–Trinajstić information content (AvgIpc) is 3.10. The molecule has 0 bridgehead atoms. The van der Waals surface area contributed by atoms with E-state index >= 15 is 0 Å². The number of thiazole rings is 1. The van der Waals surface area contributed by atoms with E-state index in [2.05, 4.69) is 20.9 Å².